The molecular formula is C13H21NO2. The smallest absolute Gasteiger partial charge is 0.315 e. The second-order valence-electron chi connectivity index (χ2n) is 5.29. The van der Waals surface area contributed by atoms with E-state index in [2.05, 4.69) is 11.4 Å². The van der Waals surface area contributed by atoms with E-state index in [0.717, 1.165) is 6.42 Å². The zero-order chi connectivity index (χ0) is 11.8. The van der Waals surface area contributed by atoms with Crippen LogP contribution >= 0.6 is 0 Å². The zero-order valence-corrected chi connectivity index (χ0v) is 10.4. The largest absolute Gasteiger partial charge is 0.465 e. The maximum absolute atomic E-state index is 11.9. The Morgan fingerprint density at radius 1 is 1.56 bits per heavy atom. The van der Waals surface area contributed by atoms with E-state index in [-0.39, 0.29) is 5.97 Å². The Kier molecular flexibility index (Phi) is 3.06. The molecule has 2 aliphatic rings. The van der Waals surface area contributed by atoms with E-state index < -0.39 is 5.41 Å². The summed E-state index contributed by atoms with van der Waals surface area (Å²) in [5.74, 6) is -0.0949. The second kappa shape index (κ2) is 4.21. The summed E-state index contributed by atoms with van der Waals surface area (Å²) in [7, 11) is 0. The number of ether oxygens (including phenoxy) is 1. The number of fused-ring (bicyclic) bond motifs is 2. The maximum Gasteiger partial charge on any atom is 0.315 e. The topological polar surface area (TPSA) is 38.3 Å². The van der Waals surface area contributed by atoms with Gasteiger partial charge in [-0.15, -0.1) is 0 Å². The minimum absolute atomic E-state index is 0.0949. The van der Waals surface area contributed by atoms with Gasteiger partial charge in [-0.3, -0.25) is 4.79 Å². The van der Waals surface area contributed by atoms with Crippen molar-refractivity contribution in [2.45, 2.75) is 52.1 Å². The SMILES string of the molecule is CCOC(=O)C(C)(C)C1=CC2CCC(C1)N2. The van der Waals surface area contributed by atoms with Crippen molar-refractivity contribution in [1.82, 2.24) is 5.32 Å². The molecule has 2 bridgehead atoms. The van der Waals surface area contributed by atoms with Crippen molar-refractivity contribution in [2.24, 2.45) is 5.41 Å². The molecule has 16 heavy (non-hydrogen) atoms. The Balaban J connectivity index is 2.14. The van der Waals surface area contributed by atoms with E-state index in [1.165, 1.54) is 18.4 Å². The van der Waals surface area contributed by atoms with Crippen molar-refractivity contribution >= 4 is 5.97 Å². The highest BCUT2D eigenvalue weighted by Gasteiger charge is 2.39. The number of nitrogens with one attached hydrogen (secondary N) is 1. The van der Waals surface area contributed by atoms with Gasteiger partial charge in [-0.05, 0) is 40.0 Å². The Morgan fingerprint density at radius 3 is 2.94 bits per heavy atom. The molecule has 2 atom stereocenters. The Bertz CT molecular complexity index is 320. The number of esters is 1. The highest BCUT2D eigenvalue weighted by atomic mass is 16.5. The van der Waals surface area contributed by atoms with Crippen LogP contribution in [0.25, 0.3) is 0 Å². The first-order chi connectivity index (χ1) is 7.54. The van der Waals surface area contributed by atoms with Crippen LogP contribution in [0, 0.1) is 5.41 Å². The van der Waals surface area contributed by atoms with E-state index in [9.17, 15) is 4.79 Å². The van der Waals surface area contributed by atoms with Crippen LogP contribution in [0.15, 0.2) is 11.6 Å². The molecule has 0 aromatic heterocycles. The summed E-state index contributed by atoms with van der Waals surface area (Å²) in [4.78, 5) is 11.9. The molecule has 0 spiro atoms. The van der Waals surface area contributed by atoms with Crippen LogP contribution in [0.1, 0.15) is 40.0 Å². The fraction of sp³-hybridized carbons (Fsp3) is 0.769. The number of carbonyl (C=O) groups excluding carboxylic acids is 1. The summed E-state index contributed by atoms with van der Waals surface area (Å²) in [6, 6.07) is 1.04. The lowest BCUT2D eigenvalue weighted by Crippen LogP contribution is -2.38. The number of hydrogen-bond acceptors (Lipinski definition) is 3. The first-order valence-corrected chi connectivity index (χ1v) is 6.18. The molecule has 2 unspecified atom stereocenters. The summed E-state index contributed by atoms with van der Waals surface area (Å²) in [6.07, 6.45) is 5.65. The Hall–Kier alpha value is -0.830. The van der Waals surface area contributed by atoms with Crippen LogP contribution in [0.5, 0.6) is 0 Å². The number of carbonyl (C=O) groups is 1. The third-order valence-electron chi connectivity index (χ3n) is 3.73. The van der Waals surface area contributed by atoms with Gasteiger partial charge in [0.2, 0.25) is 0 Å². The minimum Gasteiger partial charge on any atom is -0.465 e. The lowest BCUT2D eigenvalue weighted by atomic mass is 9.79. The van der Waals surface area contributed by atoms with Crippen molar-refractivity contribution in [2.75, 3.05) is 6.61 Å². The van der Waals surface area contributed by atoms with Crippen molar-refractivity contribution in [3.05, 3.63) is 11.6 Å². The second-order valence-corrected chi connectivity index (χ2v) is 5.29. The van der Waals surface area contributed by atoms with Gasteiger partial charge in [0, 0.05) is 12.1 Å². The van der Waals surface area contributed by atoms with Gasteiger partial charge in [0.1, 0.15) is 0 Å². The average Bonchev–Trinajstić information content (AvgIpc) is 2.58. The third kappa shape index (κ3) is 2.01. The van der Waals surface area contributed by atoms with E-state index >= 15 is 0 Å². The lowest BCUT2D eigenvalue weighted by molar-refractivity contribution is -0.151. The van der Waals surface area contributed by atoms with Gasteiger partial charge in [-0.2, -0.15) is 0 Å². The Morgan fingerprint density at radius 2 is 2.31 bits per heavy atom. The number of hydrogen-bond donors (Lipinski definition) is 1. The predicted molar refractivity (Wildman–Crippen MR) is 63.1 cm³/mol. The molecule has 0 saturated carbocycles. The van der Waals surface area contributed by atoms with Gasteiger partial charge in [-0.25, -0.2) is 0 Å². The van der Waals surface area contributed by atoms with Crippen LogP contribution < -0.4 is 5.32 Å². The summed E-state index contributed by atoms with van der Waals surface area (Å²) in [5, 5.41) is 3.53. The molecule has 1 saturated heterocycles. The van der Waals surface area contributed by atoms with Gasteiger partial charge in [-0.1, -0.05) is 11.6 Å². The van der Waals surface area contributed by atoms with Gasteiger partial charge in [0.05, 0.1) is 12.0 Å². The first-order valence-electron chi connectivity index (χ1n) is 6.18. The molecule has 3 nitrogen and oxygen atoms in total. The highest BCUT2D eigenvalue weighted by molar-refractivity contribution is 5.79. The molecule has 0 aliphatic carbocycles. The molecule has 2 aliphatic heterocycles. The van der Waals surface area contributed by atoms with Crippen molar-refractivity contribution in [3.8, 4) is 0 Å². The fourth-order valence-electron chi connectivity index (χ4n) is 2.63. The molecule has 0 radical (unpaired) electrons. The average molecular weight is 223 g/mol. The fourth-order valence-corrected chi connectivity index (χ4v) is 2.63. The van der Waals surface area contributed by atoms with Crippen molar-refractivity contribution < 1.29 is 9.53 Å². The quantitative estimate of drug-likeness (QED) is 0.587. The van der Waals surface area contributed by atoms with Crippen LogP contribution in [0.4, 0.5) is 0 Å². The molecule has 0 aromatic rings. The summed E-state index contributed by atoms with van der Waals surface area (Å²) >= 11 is 0. The molecule has 2 rings (SSSR count). The summed E-state index contributed by atoms with van der Waals surface area (Å²) in [6.45, 7) is 6.26. The van der Waals surface area contributed by atoms with Crippen LogP contribution in [-0.2, 0) is 9.53 Å². The van der Waals surface area contributed by atoms with E-state index in [1.54, 1.807) is 0 Å². The molecule has 1 N–H and O–H groups in total. The van der Waals surface area contributed by atoms with Gasteiger partial charge in [0.15, 0.2) is 0 Å². The standard InChI is InChI=1S/C13H21NO2/c1-4-16-12(15)13(2,3)9-7-10-5-6-11(8-9)14-10/h7,10-11,14H,4-6,8H2,1-3H3. The first kappa shape index (κ1) is 11.6. The van der Waals surface area contributed by atoms with Gasteiger partial charge >= 0.3 is 5.97 Å². The van der Waals surface area contributed by atoms with E-state index in [0.29, 0.717) is 18.7 Å². The maximum atomic E-state index is 11.9. The summed E-state index contributed by atoms with van der Waals surface area (Å²) in [5.41, 5.74) is 0.788. The molecule has 3 heteroatoms. The molecular weight excluding hydrogens is 202 g/mol. The van der Waals surface area contributed by atoms with Crippen LogP contribution in [0.3, 0.4) is 0 Å². The van der Waals surface area contributed by atoms with E-state index in [4.69, 9.17) is 4.74 Å². The van der Waals surface area contributed by atoms with Crippen molar-refractivity contribution in [1.29, 1.82) is 0 Å². The molecule has 90 valence electrons. The summed E-state index contributed by atoms with van der Waals surface area (Å²) < 4.78 is 5.15. The van der Waals surface area contributed by atoms with Crippen molar-refractivity contribution in [3.63, 3.8) is 0 Å². The van der Waals surface area contributed by atoms with Crippen LogP contribution in [-0.4, -0.2) is 24.7 Å². The zero-order valence-electron chi connectivity index (χ0n) is 10.4. The molecule has 1 fully saturated rings. The van der Waals surface area contributed by atoms with Gasteiger partial charge in [0.25, 0.3) is 0 Å². The van der Waals surface area contributed by atoms with E-state index in [1.807, 2.05) is 20.8 Å². The monoisotopic (exact) mass is 223 g/mol. The molecule has 0 amide bonds. The minimum atomic E-state index is -0.459. The predicted octanol–water partition coefficient (Wildman–Crippen LogP) is 2.03. The normalized spacial score (nSPS) is 28.8. The molecule has 0 aromatic carbocycles. The molecule has 2 heterocycles. The Labute approximate surface area is 97.2 Å². The van der Waals surface area contributed by atoms with Gasteiger partial charge < -0.3 is 10.1 Å². The van der Waals surface area contributed by atoms with Crippen LogP contribution in [0.2, 0.25) is 0 Å². The highest BCUT2D eigenvalue weighted by Crippen LogP contribution is 2.37. The third-order valence-corrected chi connectivity index (χ3v) is 3.73. The number of rotatable bonds is 3. The lowest BCUT2D eigenvalue weighted by Gasteiger charge is -2.31.